The normalized spacial score (nSPS) is 12.1. The van der Waals surface area contributed by atoms with Crippen molar-refractivity contribution < 1.29 is 0 Å². The molecule has 0 aliphatic heterocycles. The zero-order chi connectivity index (χ0) is 10.9. The maximum atomic E-state index is 4.34. The number of thiophene rings is 1. The van der Waals surface area contributed by atoms with Crippen LogP contribution in [0.4, 0.5) is 0 Å². The van der Waals surface area contributed by atoms with E-state index in [-0.39, 0.29) is 5.41 Å². The Labute approximate surface area is 96.5 Å². The van der Waals surface area contributed by atoms with E-state index in [0.717, 1.165) is 4.91 Å². The van der Waals surface area contributed by atoms with Gasteiger partial charge in [-0.2, -0.15) is 0 Å². The molecule has 0 unspecified atom stereocenters. The van der Waals surface area contributed by atoms with Crippen LogP contribution < -0.4 is 0 Å². The molecule has 1 rings (SSSR count). The van der Waals surface area contributed by atoms with Crippen LogP contribution in [0.25, 0.3) is 4.91 Å². The van der Waals surface area contributed by atoms with E-state index in [9.17, 15) is 0 Å². The van der Waals surface area contributed by atoms with Crippen molar-refractivity contribution >= 4 is 28.9 Å². The molecule has 0 nitrogen and oxygen atoms in total. The topological polar surface area (TPSA) is 0 Å². The van der Waals surface area contributed by atoms with Crippen LogP contribution >= 0.6 is 24.0 Å². The second-order valence-electron chi connectivity index (χ2n) is 4.49. The van der Waals surface area contributed by atoms with Gasteiger partial charge in [0, 0.05) is 9.78 Å². The van der Waals surface area contributed by atoms with Gasteiger partial charge in [0.25, 0.3) is 0 Å². The van der Waals surface area contributed by atoms with Gasteiger partial charge in [-0.1, -0.05) is 34.3 Å². The Hall–Kier alpha value is -0.210. The average molecular weight is 226 g/mol. The van der Waals surface area contributed by atoms with E-state index in [1.54, 1.807) is 11.3 Å². The summed E-state index contributed by atoms with van der Waals surface area (Å²) in [6.07, 6.45) is 0. The van der Waals surface area contributed by atoms with Gasteiger partial charge < -0.3 is 0 Å². The lowest BCUT2D eigenvalue weighted by Gasteiger charge is -2.30. The summed E-state index contributed by atoms with van der Waals surface area (Å²) in [5, 5.41) is 2.12. The summed E-state index contributed by atoms with van der Waals surface area (Å²) in [7, 11) is 0. The van der Waals surface area contributed by atoms with E-state index in [0.29, 0.717) is 5.92 Å². The van der Waals surface area contributed by atoms with Crippen molar-refractivity contribution in [3.05, 3.63) is 28.5 Å². The Balaban J connectivity index is 3.18. The zero-order valence-electron chi connectivity index (χ0n) is 9.29. The quantitative estimate of drug-likeness (QED) is 0.716. The van der Waals surface area contributed by atoms with Crippen LogP contribution in [-0.4, -0.2) is 0 Å². The first-order chi connectivity index (χ1) is 6.37. The summed E-state index contributed by atoms with van der Waals surface area (Å²) in [4.78, 5) is 2.11. The average Bonchev–Trinajstić information content (AvgIpc) is 2.51. The molecule has 14 heavy (non-hydrogen) atoms. The van der Waals surface area contributed by atoms with E-state index in [1.165, 1.54) is 10.4 Å². The van der Waals surface area contributed by atoms with Gasteiger partial charge in [0.1, 0.15) is 0 Å². The van der Waals surface area contributed by atoms with Crippen LogP contribution in [0.15, 0.2) is 18.0 Å². The predicted molar refractivity (Wildman–Crippen MR) is 70.2 cm³/mol. The Kier molecular flexibility index (Phi) is 3.49. The van der Waals surface area contributed by atoms with Crippen molar-refractivity contribution in [2.45, 2.75) is 33.1 Å². The molecule has 2 heteroatoms. The summed E-state index contributed by atoms with van der Waals surface area (Å²) >= 11 is 6.07. The lowest BCUT2D eigenvalue weighted by molar-refractivity contribution is 0.373. The molecule has 0 atom stereocenters. The Morgan fingerprint density at radius 3 is 2.50 bits per heavy atom. The summed E-state index contributed by atoms with van der Waals surface area (Å²) < 4.78 is 0. The molecule has 1 aromatic heterocycles. The molecule has 0 aliphatic rings. The van der Waals surface area contributed by atoms with Crippen LogP contribution in [0, 0.1) is 5.92 Å². The molecule has 1 heterocycles. The minimum absolute atomic E-state index is 0.195. The molecule has 0 aliphatic carbocycles. The minimum atomic E-state index is 0.195. The van der Waals surface area contributed by atoms with Crippen molar-refractivity contribution in [2.24, 2.45) is 5.92 Å². The molecular formula is C12H18S2. The molecular weight excluding hydrogens is 208 g/mol. The molecule has 0 radical (unpaired) electrons. The van der Waals surface area contributed by atoms with Crippen molar-refractivity contribution in [1.82, 2.24) is 0 Å². The van der Waals surface area contributed by atoms with Crippen LogP contribution in [0.5, 0.6) is 0 Å². The predicted octanol–water partition coefficient (Wildman–Crippen LogP) is 4.58. The monoisotopic (exact) mass is 226 g/mol. The van der Waals surface area contributed by atoms with E-state index in [2.05, 4.69) is 58.3 Å². The smallest absolute Gasteiger partial charge is 0.0435 e. The molecule has 0 saturated heterocycles. The molecule has 0 aromatic carbocycles. The standard InChI is InChI=1S/C12H18S2/c1-8(2)12(4,5)10-6-7-14-11(10)9(3)13/h6-8,13H,3H2,1-2,4-5H3. The lowest BCUT2D eigenvalue weighted by atomic mass is 9.75. The van der Waals surface area contributed by atoms with Gasteiger partial charge in [-0.15, -0.1) is 24.0 Å². The van der Waals surface area contributed by atoms with Crippen LogP contribution in [0.1, 0.15) is 38.1 Å². The van der Waals surface area contributed by atoms with Gasteiger partial charge in [0.2, 0.25) is 0 Å². The molecule has 0 amide bonds. The first-order valence-corrected chi connectivity index (χ1v) is 6.16. The molecule has 0 fully saturated rings. The number of hydrogen-bond donors (Lipinski definition) is 1. The SMILES string of the molecule is C=C(S)c1sccc1C(C)(C)C(C)C. The van der Waals surface area contributed by atoms with Gasteiger partial charge in [0.15, 0.2) is 0 Å². The lowest BCUT2D eigenvalue weighted by Crippen LogP contribution is -2.24. The van der Waals surface area contributed by atoms with Crippen molar-refractivity contribution in [2.75, 3.05) is 0 Å². The van der Waals surface area contributed by atoms with Gasteiger partial charge in [-0.3, -0.25) is 0 Å². The molecule has 78 valence electrons. The Bertz CT molecular complexity index is 332. The summed E-state index contributed by atoms with van der Waals surface area (Å²) in [6, 6.07) is 2.20. The fourth-order valence-electron chi connectivity index (χ4n) is 1.35. The molecule has 0 spiro atoms. The first kappa shape index (κ1) is 11.9. The Morgan fingerprint density at radius 2 is 2.07 bits per heavy atom. The number of hydrogen-bond acceptors (Lipinski definition) is 2. The van der Waals surface area contributed by atoms with Crippen molar-refractivity contribution in [3.8, 4) is 0 Å². The maximum absolute atomic E-state index is 4.34. The summed E-state index contributed by atoms with van der Waals surface area (Å²) in [6.45, 7) is 13.0. The third-order valence-electron chi connectivity index (χ3n) is 3.06. The molecule has 1 aromatic rings. The largest absolute Gasteiger partial charge is 0.143 e. The van der Waals surface area contributed by atoms with Crippen molar-refractivity contribution in [1.29, 1.82) is 0 Å². The second kappa shape index (κ2) is 4.11. The highest BCUT2D eigenvalue weighted by Gasteiger charge is 2.28. The van der Waals surface area contributed by atoms with E-state index < -0.39 is 0 Å². The summed E-state index contributed by atoms with van der Waals surface area (Å²) in [5.74, 6) is 0.614. The molecule has 0 bridgehead atoms. The minimum Gasteiger partial charge on any atom is -0.143 e. The number of thiol groups is 1. The van der Waals surface area contributed by atoms with E-state index in [4.69, 9.17) is 0 Å². The van der Waals surface area contributed by atoms with E-state index >= 15 is 0 Å². The van der Waals surface area contributed by atoms with Gasteiger partial charge >= 0.3 is 0 Å². The second-order valence-corrected chi connectivity index (χ2v) is 5.94. The fraction of sp³-hybridized carbons (Fsp3) is 0.500. The Morgan fingerprint density at radius 1 is 1.50 bits per heavy atom. The molecule has 0 N–H and O–H groups in total. The van der Waals surface area contributed by atoms with Crippen molar-refractivity contribution in [3.63, 3.8) is 0 Å². The highest BCUT2D eigenvalue weighted by Crippen LogP contribution is 2.39. The van der Waals surface area contributed by atoms with Crippen LogP contribution in [0.2, 0.25) is 0 Å². The zero-order valence-corrected chi connectivity index (χ0v) is 11.0. The number of rotatable bonds is 3. The van der Waals surface area contributed by atoms with Gasteiger partial charge in [-0.25, -0.2) is 0 Å². The molecule has 0 saturated carbocycles. The van der Waals surface area contributed by atoms with Gasteiger partial charge in [0.05, 0.1) is 0 Å². The van der Waals surface area contributed by atoms with Gasteiger partial charge in [-0.05, 0) is 28.3 Å². The fourth-order valence-corrected chi connectivity index (χ4v) is 2.56. The highest BCUT2D eigenvalue weighted by atomic mass is 32.1. The highest BCUT2D eigenvalue weighted by molar-refractivity contribution is 7.90. The first-order valence-electron chi connectivity index (χ1n) is 4.83. The van der Waals surface area contributed by atoms with E-state index in [1.807, 2.05) is 0 Å². The van der Waals surface area contributed by atoms with Crippen LogP contribution in [-0.2, 0) is 5.41 Å². The third-order valence-corrected chi connectivity index (χ3v) is 4.41. The third kappa shape index (κ3) is 2.06. The summed E-state index contributed by atoms with van der Waals surface area (Å²) in [5.41, 5.74) is 1.57. The van der Waals surface area contributed by atoms with Crippen LogP contribution in [0.3, 0.4) is 0 Å². The maximum Gasteiger partial charge on any atom is 0.0435 e.